The number of amides is 3. The molecular weight excluding hydrogens is 412 g/mol. The molecule has 1 N–H and O–H groups in total. The standard InChI is InChI=1S/C25H25ClN2O3/c26-23-18(4-1-5-19(23)20-11-12-21(29)27-24(20)31)16-7-9-17(10-8-16)28-22(30)6-2-13-25(28)14-3-15-25/h1,4-5,7-10,20H,2-3,6,11-15H2,(H,27,29,31). The molecule has 0 bridgehead atoms. The molecule has 5 rings (SSSR count). The minimum absolute atomic E-state index is 0.0141. The van der Waals surface area contributed by atoms with E-state index in [1.165, 1.54) is 6.42 Å². The number of hydrogen-bond donors (Lipinski definition) is 1. The fraction of sp³-hybridized carbons (Fsp3) is 0.400. The van der Waals surface area contributed by atoms with Crippen LogP contribution in [0.2, 0.25) is 5.02 Å². The summed E-state index contributed by atoms with van der Waals surface area (Å²) < 4.78 is 0. The van der Waals surface area contributed by atoms with Crippen molar-refractivity contribution in [2.24, 2.45) is 0 Å². The van der Waals surface area contributed by atoms with Crippen LogP contribution in [0.4, 0.5) is 5.69 Å². The lowest BCUT2D eigenvalue weighted by molar-refractivity contribution is -0.134. The molecule has 2 heterocycles. The molecule has 31 heavy (non-hydrogen) atoms. The molecule has 3 amide bonds. The number of hydrogen-bond acceptors (Lipinski definition) is 3. The molecule has 3 fully saturated rings. The number of piperidine rings is 2. The Morgan fingerprint density at radius 2 is 1.68 bits per heavy atom. The Kier molecular flexibility index (Phi) is 5.09. The highest BCUT2D eigenvalue weighted by atomic mass is 35.5. The van der Waals surface area contributed by atoms with E-state index < -0.39 is 5.92 Å². The summed E-state index contributed by atoms with van der Waals surface area (Å²) in [6.07, 6.45) is 6.81. The average molecular weight is 437 g/mol. The van der Waals surface area contributed by atoms with Crippen LogP contribution in [0.1, 0.15) is 62.8 Å². The van der Waals surface area contributed by atoms with E-state index in [-0.39, 0.29) is 23.3 Å². The molecule has 1 aliphatic carbocycles. The molecule has 2 aliphatic heterocycles. The average Bonchev–Trinajstić information content (AvgIpc) is 2.73. The Hall–Kier alpha value is -2.66. The van der Waals surface area contributed by atoms with Crippen LogP contribution in [0.15, 0.2) is 42.5 Å². The molecule has 2 saturated heterocycles. The third kappa shape index (κ3) is 3.45. The molecule has 1 spiro atoms. The van der Waals surface area contributed by atoms with E-state index in [9.17, 15) is 14.4 Å². The summed E-state index contributed by atoms with van der Waals surface area (Å²) in [5, 5.41) is 2.94. The highest BCUT2D eigenvalue weighted by Gasteiger charge is 2.47. The summed E-state index contributed by atoms with van der Waals surface area (Å²) in [5.74, 6) is -0.730. The van der Waals surface area contributed by atoms with Crippen molar-refractivity contribution in [3.05, 3.63) is 53.1 Å². The number of nitrogens with zero attached hydrogens (tertiary/aromatic N) is 1. The largest absolute Gasteiger partial charge is 0.306 e. The lowest BCUT2D eigenvalue weighted by Crippen LogP contribution is -2.59. The number of carbonyl (C=O) groups is 3. The van der Waals surface area contributed by atoms with E-state index in [1.54, 1.807) is 0 Å². The summed E-state index contributed by atoms with van der Waals surface area (Å²) in [6.45, 7) is 0. The number of rotatable bonds is 3. The zero-order chi connectivity index (χ0) is 21.6. The van der Waals surface area contributed by atoms with Gasteiger partial charge in [-0.05, 0) is 61.8 Å². The van der Waals surface area contributed by atoms with E-state index in [2.05, 4.69) is 5.32 Å². The molecule has 1 atom stereocenters. The van der Waals surface area contributed by atoms with Gasteiger partial charge in [0.25, 0.3) is 0 Å². The van der Waals surface area contributed by atoms with Crippen LogP contribution in [-0.4, -0.2) is 23.3 Å². The van der Waals surface area contributed by atoms with Gasteiger partial charge in [-0.2, -0.15) is 0 Å². The molecule has 6 heteroatoms. The van der Waals surface area contributed by atoms with Gasteiger partial charge >= 0.3 is 0 Å². The highest BCUT2D eigenvalue weighted by Crippen LogP contribution is 2.47. The van der Waals surface area contributed by atoms with Gasteiger partial charge in [0.05, 0.1) is 10.9 Å². The smallest absolute Gasteiger partial charge is 0.234 e. The van der Waals surface area contributed by atoms with Crippen LogP contribution in [0.3, 0.4) is 0 Å². The van der Waals surface area contributed by atoms with Crippen LogP contribution < -0.4 is 10.2 Å². The summed E-state index contributed by atoms with van der Waals surface area (Å²) >= 11 is 6.74. The van der Waals surface area contributed by atoms with Crippen molar-refractivity contribution in [1.82, 2.24) is 5.32 Å². The van der Waals surface area contributed by atoms with Crippen molar-refractivity contribution in [2.45, 2.75) is 62.8 Å². The summed E-state index contributed by atoms with van der Waals surface area (Å²) in [6, 6.07) is 13.7. The molecule has 1 saturated carbocycles. The van der Waals surface area contributed by atoms with E-state index in [0.29, 0.717) is 24.3 Å². The number of nitrogens with one attached hydrogen (secondary N) is 1. The minimum atomic E-state index is -0.422. The zero-order valence-electron chi connectivity index (χ0n) is 17.3. The van der Waals surface area contributed by atoms with Crippen LogP contribution in [0.25, 0.3) is 11.1 Å². The quantitative estimate of drug-likeness (QED) is 0.691. The monoisotopic (exact) mass is 436 g/mol. The van der Waals surface area contributed by atoms with Crippen LogP contribution in [-0.2, 0) is 14.4 Å². The van der Waals surface area contributed by atoms with Gasteiger partial charge in [-0.1, -0.05) is 41.9 Å². The molecule has 2 aromatic rings. The lowest BCUT2D eigenvalue weighted by Gasteiger charge is -2.53. The molecular formula is C25H25ClN2O3. The number of benzene rings is 2. The van der Waals surface area contributed by atoms with Crippen LogP contribution in [0.5, 0.6) is 0 Å². The van der Waals surface area contributed by atoms with Gasteiger partial charge in [0, 0.05) is 29.6 Å². The van der Waals surface area contributed by atoms with Crippen molar-refractivity contribution < 1.29 is 14.4 Å². The first kappa shape index (κ1) is 20.3. The maximum absolute atomic E-state index is 12.7. The van der Waals surface area contributed by atoms with E-state index in [0.717, 1.165) is 48.1 Å². The van der Waals surface area contributed by atoms with E-state index in [4.69, 9.17) is 11.6 Å². The molecule has 0 radical (unpaired) electrons. The van der Waals surface area contributed by atoms with Gasteiger partial charge in [0.1, 0.15) is 0 Å². The maximum Gasteiger partial charge on any atom is 0.234 e. The minimum Gasteiger partial charge on any atom is -0.306 e. The molecule has 5 nitrogen and oxygen atoms in total. The Morgan fingerprint density at radius 3 is 2.35 bits per heavy atom. The first-order chi connectivity index (χ1) is 15.0. The summed E-state index contributed by atoms with van der Waals surface area (Å²) in [4.78, 5) is 38.6. The van der Waals surface area contributed by atoms with Gasteiger partial charge in [-0.3, -0.25) is 19.7 Å². The molecule has 0 aromatic heterocycles. The van der Waals surface area contributed by atoms with Crippen LogP contribution >= 0.6 is 11.6 Å². The SMILES string of the molecule is O=C1CCC(c2cccc(-c3ccc(N4C(=O)CCCC45CCC5)cc3)c2Cl)C(=O)N1. The highest BCUT2D eigenvalue weighted by molar-refractivity contribution is 6.34. The Labute approximate surface area is 186 Å². The van der Waals surface area contributed by atoms with E-state index >= 15 is 0 Å². The topological polar surface area (TPSA) is 66.5 Å². The number of imide groups is 1. The van der Waals surface area contributed by atoms with Gasteiger partial charge in [0.15, 0.2) is 0 Å². The van der Waals surface area contributed by atoms with Crippen molar-refractivity contribution in [1.29, 1.82) is 0 Å². The van der Waals surface area contributed by atoms with Crippen molar-refractivity contribution in [3.63, 3.8) is 0 Å². The number of halogens is 1. The zero-order valence-corrected chi connectivity index (χ0v) is 18.1. The normalized spacial score (nSPS) is 22.9. The Bertz CT molecular complexity index is 1060. The van der Waals surface area contributed by atoms with Gasteiger partial charge in [-0.15, -0.1) is 0 Å². The second-order valence-electron chi connectivity index (χ2n) is 8.92. The summed E-state index contributed by atoms with van der Waals surface area (Å²) in [5.41, 5.74) is 3.49. The van der Waals surface area contributed by atoms with Gasteiger partial charge in [-0.25, -0.2) is 0 Å². The first-order valence-corrected chi connectivity index (χ1v) is 11.4. The number of carbonyl (C=O) groups excluding carboxylic acids is 3. The van der Waals surface area contributed by atoms with Crippen molar-refractivity contribution >= 4 is 35.0 Å². The van der Waals surface area contributed by atoms with Crippen molar-refractivity contribution in [2.75, 3.05) is 4.90 Å². The fourth-order valence-corrected chi connectivity index (χ4v) is 5.72. The Morgan fingerprint density at radius 1 is 0.935 bits per heavy atom. The van der Waals surface area contributed by atoms with Gasteiger partial charge < -0.3 is 4.90 Å². The lowest BCUT2D eigenvalue weighted by atomic mass is 9.69. The second-order valence-corrected chi connectivity index (χ2v) is 9.30. The summed E-state index contributed by atoms with van der Waals surface area (Å²) in [7, 11) is 0. The Balaban J connectivity index is 1.45. The first-order valence-electron chi connectivity index (χ1n) is 11.0. The molecule has 160 valence electrons. The molecule has 2 aromatic carbocycles. The third-order valence-electron chi connectivity index (χ3n) is 7.12. The van der Waals surface area contributed by atoms with Gasteiger partial charge in [0.2, 0.25) is 17.7 Å². The maximum atomic E-state index is 12.7. The third-order valence-corrected chi connectivity index (χ3v) is 7.54. The second kappa shape index (κ2) is 7.79. The molecule has 3 aliphatic rings. The molecule has 1 unspecified atom stereocenters. The predicted octanol–water partition coefficient (Wildman–Crippen LogP) is 4.97. The fourth-order valence-electron chi connectivity index (χ4n) is 5.36. The predicted molar refractivity (Wildman–Crippen MR) is 120 cm³/mol. The van der Waals surface area contributed by atoms with Crippen molar-refractivity contribution in [3.8, 4) is 11.1 Å². The van der Waals surface area contributed by atoms with E-state index in [1.807, 2.05) is 47.4 Å². The van der Waals surface area contributed by atoms with Crippen LogP contribution in [0, 0.1) is 0 Å². The number of anilines is 1.